The third-order valence-electron chi connectivity index (χ3n) is 2.18. The molecule has 1 atom stereocenters. The van der Waals surface area contributed by atoms with Gasteiger partial charge in [-0.3, -0.25) is 0 Å². The number of hydrogen-bond donors (Lipinski definition) is 2. The standard InChI is InChI=1S/C11H18N2O2S/c1-10(7-8-12)13-16(14,15)9-11-5-3-2-4-6-11/h2-6,10,13H,7-9,12H2,1H3. The summed E-state index contributed by atoms with van der Waals surface area (Å²) in [5.74, 6) is 0.0166. The van der Waals surface area contributed by atoms with Crippen LogP contribution in [0.1, 0.15) is 18.9 Å². The zero-order chi connectivity index (χ0) is 12.0. The molecule has 0 aromatic heterocycles. The van der Waals surface area contributed by atoms with Crippen LogP contribution in [0.15, 0.2) is 30.3 Å². The van der Waals surface area contributed by atoms with Crippen molar-refractivity contribution >= 4 is 10.0 Å². The Labute approximate surface area is 96.9 Å². The highest BCUT2D eigenvalue weighted by molar-refractivity contribution is 7.88. The summed E-state index contributed by atoms with van der Waals surface area (Å²) in [4.78, 5) is 0. The van der Waals surface area contributed by atoms with Crippen LogP contribution in [0.4, 0.5) is 0 Å². The van der Waals surface area contributed by atoms with Crippen LogP contribution in [-0.4, -0.2) is 21.0 Å². The van der Waals surface area contributed by atoms with Crippen molar-refractivity contribution < 1.29 is 8.42 Å². The lowest BCUT2D eigenvalue weighted by atomic mass is 10.2. The van der Waals surface area contributed by atoms with Crippen molar-refractivity contribution in [2.75, 3.05) is 6.54 Å². The first-order valence-corrected chi connectivity index (χ1v) is 6.93. The molecular formula is C11H18N2O2S. The Hall–Kier alpha value is -0.910. The van der Waals surface area contributed by atoms with Crippen LogP contribution >= 0.6 is 0 Å². The molecule has 0 bridgehead atoms. The zero-order valence-corrected chi connectivity index (χ0v) is 10.2. The third-order valence-corrected chi connectivity index (χ3v) is 3.65. The lowest BCUT2D eigenvalue weighted by Gasteiger charge is -2.12. The van der Waals surface area contributed by atoms with E-state index in [1.54, 1.807) is 12.1 Å². The highest BCUT2D eigenvalue weighted by atomic mass is 32.2. The normalized spacial score (nSPS) is 13.6. The average Bonchev–Trinajstić information content (AvgIpc) is 2.17. The highest BCUT2D eigenvalue weighted by Crippen LogP contribution is 2.05. The summed E-state index contributed by atoms with van der Waals surface area (Å²) in [6.07, 6.45) is 0.647. The molecule has 0 spiro atoms. The molecule has 1 aromatic carbocycles. The number of rotatable bonds is 6. The quantitative estimate of drug-likeness (QED) is 0.776. The number of sulfonamides is 1. The molecule has 16 heavy (non-hydrogen) atoms. The van der Waals surface area contributed by atoms with Gasteiger partial charge in [0.2, 0.25) is 10.0 Å². The number of hydrogen-bond acceptors (Lipinski definition) is 3. The number of benzene rings is 1. The van der Waals surface area contributed by atoms with Crippen LogP contribution in [0.5, 0.6) is 0 Å². The Morgan fingerprint density at radius 3 is 2.50 bits per heavy atom. The first kappa shape index (κ1) is 13.2. The maximum Gasteiger partial charge on any atom is 0.216 e. The first-order chi connectivity index (χ1) is 7.53. The average molecular weight is 242 g/mol. The van der Waals surface area contributed by atoms with E-state index < -0.39 is 10.0 Å². The van der Waals surface area contributed by atoms with E-state index in [0.717, 1.165) is 5.56 Å². The Bertz CT molecular complexity index is 403. The molecule has 1 unspecified atom stereocenters. The van der Waals surface area contributed by atoms with Crippen molar-refractivity contribution in [1.82, 2.24) is 4.72 Å². The van der Waals surface area contributed by atoms with Crippen LogP contribution < -0.4 is 10.5 Å². The third kappa shape index (κ3) is 4.74. The summed E-state index contributed by atoms with van der Waals surface area (Å²) in [6, 6.07) is 9.00. The largest absolute Gasteiger partial charge is 0.330 e. The fourth-order valence-electron chi connectivity index (χ4n) is 1.45. The molecule has 0 aliphatic heterocycles. The van der Waals surface area contributed by atoms with Gasteiger partial charge in [-0.15, -0.1) is 0 Å². The smallest absolute Gasteiger partial charge is 0.216 e. The molecule has 0 amide bonds. The van der Waals surface area contributed by atoms with E-state index in [2.05, 4.69) is 4.72 Å². The lowest BCUT2D eigenvalue weighted by molar-refractivity contribution is 0.549. The fourth-order valence-corrected chi connectivity index (χ4v) is 2.90. The van der Waals surface area contributed by atoms with E-state index in [-0.39, 0.29) is 11.8 Å². The number of nitrogens with one attached hydrogen (secondary N) is 1. The van der Waals surface area contributed by atoms with Gasteiger partial charge in [-0.25, -0.2) is 13.1 Å². The lowest BCUT2D eigenvalue weighted by Crippen LogP contribution is -2.34. The molecule has 5 heteroatoms. The molecule has 1 aromatic rings. The first-order valence-electron chi connectivity index (χ1n) is 5.27. The molecule has 4 nitrogen and oxygen atoms in total. The molecule has 0 saturated carbocycles. The monoisotopic (exact) mass is 242 g/mol. The minimum Gasteiger partial charge on any atom is -0.330 e. The molecular weight excluding hydrogens is 224 g/mol. The number of nitrogens with two attached hydrogens (primary N) is 1. The van der Waals surface area contributed by atoms with Crippen molar-refractivity contribution in [3.63, 3.8) is 0 Å². The second kappa shape index (κ2) is 5.98. The Morgan fingerprint density at radius 2 is 1.94 bits per heavy atom. The van der Waals surface area contributed by atoms with Crippen LogP contribution in [0.25, 0.3) is 0 Å². The van der Waals surface area contributed by atoms with Gasteiger partial charge in [-0.2, -0.15) is 0 Å². The van der Waals surface area contributed by atoms with Crippen LogP contribution in [0.3, 0.4) is 0 Å². The fraction of sp³-hybridized carbons (Fsp3) is 0.455. The second-order valence-electron chi connectivity index (χ2n) is 3.84. The van der Waals surface area contributed by atoms with Gasteiger partial charge in [0, 0.05) is 6.04 Å². The van der Waals surface area contributed by atoms with E-state index in [9.17, 15) is 8.42 Å². The van der Waals surface area contributed by atoms with Gasteiger partial charge in [-0.1, -0.05) is 30.3 Å². The summed E-state index contributed by atoms with van der Waals surface area (Å²) in [5.41, 5.74) is 6.15. The molecule has 0 heterocycles. The molecule has 0 fully saturated rings. The van der Waals surface area contributed by atoms with E-state index in [4.69, 9.17) is 5.73 Å². The van der Waals surface area contributed by atoms with Gasteiger partial charge in [0.25, 0.3) is 0 Å². The molecule has 0 aliphatic carbocycles. The van der Waals surface area contributed by atoms with Crippen molar-refractivity contribution in [2.24, 2.45) is 5.73 Å². The minimum atomic E-state index is -3.26. The van der Waals surface area contributed by atoms with Crippen molar-refractivity contribution in [3.05, 3.63) is 35.9 Å². The summed E-state index contributed by atoms with van der Waals surface area (Å²) in [7, 11) is -3.26. The minimum absolute atomic E-state index is 0.0166. The molecule has 90 valence electrons. The van der Waals surface area contributed by atoms with Crippen molar-refractivity contribution in [2.45, 2.75) is 25.1 Å². The van der Waals surface area contributed by atoms with E-state index in [0.29, 0.717) is 13.0 Å². The maximum absolute atomic E-state index is 11.7. The van der Waals surface area contributed by atoms with Gasteiger partial charge < -0.3 is 5.73 Å². The SMILES string of the molecule is CC(CCN)NS(=O)(=O)Cc1ccccc1. The van der Waals surface area contributed by atoms with Crippen molar-refractivity contribution in [3.8, 4) is 0 Å². The van der Waals surface area contributed by atoms with Crippen LogP contribution in [0.2, 0.25) is 0 Å². The predicted octanol–water partition coefficient (Wildman–Crippen LogP) is 0.843. The van der Waals surface area contributed by atoms with Gasteiger partial charge in [0.1, 0.15) is 0 Å². The zero-order valence-electron chi connectivity index (χ0n) is 9.39. The second-order valence-corrected chi connectivity index (χ2v) is 5.59. The van der Waals surface area contributed by atoms with E-state index >= 15 is 0 Å². The predicted molar refractivity (Wildman–Crippen MR) is 65.3 cm³/mol. The maximum atomic E-state index is 11.7. The van der Waals surface area contributed by atoms with E-state index in [1.165, 1.54) is 0 Å². The van der Waals surface area contributed by atoms with Crippen molar-refractivity contribution in [1.29, 1.82) is 0 Å². The van der Waals surface area contributed by atoms with Gasteiger partial charge in [0.15, 0.2) is 0 Å². The molecule has 0 radical (unpaired) electrons. The summed E-state index contributed by atoms with van der Waals surface area (Å²) >= 11 is 0. The van der Waals surface area contributed by atoms with Crippen LogP contribution in [0, 0.1) is 0 Å². The summed E-state index contributed by atoms with van der Waals surface area (Å²) in [6.45, 7) is 2.30. The molecule has 1 rings (SSSR count). The molecule has 0 saturated heterocycles. The van der Waals surface area contributed by atoms with Gasteiger partial charge in [-0.05, 0) is 25.5 Å². The van der Waals surface area contributed by atoms with E-state index in [1.807, 2.05) is 25.1 Å². The van der Waals surface area contributed by atoms with Gasteiger partial charge >= 0.3 is 0 Å². The van der Waals surface area contributed by atoms with Crippen LogP contribution in [-0.2, 0) is 15.8 Å². The molecule has 0 aliphatic rings. The topological polar surface area (TPSA) is 72.2 Å². The Kier molecular flexibility index (Phi) is 4.92. The highest BCUT2D eigenvalue weighted by Gasteiger charge is 2.14. The van der Waals surface area contributed by atoms with Gasteiger partial charge in [0.05, 0.1) is 5.75 Å². The summed E-state index contributed by atoms with van der Waals surface area (Å²) in [5, 5.41) is 0. The summed E-state index contributed by atoms with van der Waals surface area (Å²) < 4.78 is 26.1. The Balaban J connectivity index is 2.59. The Morgan fingerprint density at radius 1 is 1.31 bits per heavy atom. The molecule has 3 N–H and O–H groups in total.